The first-order chi connectivity index (χ1) is 8.43. The van der Waals surface area contributed by atoms with E-state index in [2.05, 4.69) is 31.7 Å². The summed E-state index contributed by atoms with van der Waals surface area (Å²) < 4.78 is 5.34. The first kappa shape index (κ1) is 10.7. The first-order valence-electron chi connectivity index (χ1n) is 5.61. The standard InChI is InChI=1S/C12H13N3OS/c1-6-17-8-10(1)11-7-12(14-9-13-11)15-2-4-16-5-3-15/h1,6-9H,2-5H2. The Morgan fingerprint density at radius 3 is 2.88 bits per heavy atom. The Morgan fingerprint density at radius 1 is 1.24 bits per heavy atom. The summed E-state index contributed by atoms with van der Waals surface area (Å²) in [6.45, 7) is 3.36. The van der Waals surface area contributed by atoms with Gasteiger partial charge in [0, 0.05) is 30.1 Å². The lowest BCUT2D eigenvalue weighted by molar-refractivity contribution is 0.122. The fraction of sp³-hybridized carbons (Fsp3) is 0.333. The molecular formula is C12H13N3OS. The van der Waals surface area contributed by atoms with E-state index >= 15 is 0 Å². The molecule has 0 amide bonds. The minimum absolute atomic E-state index is 0.776. The van der Waals surface area contributed by atoms with Crippen LogP contribution in [-0.2, 0) is 4.74 Å². The van der Waals surface area contributed by atoms with Gasteiger partial charge in [0.05, 0.1) is 18.9 Å². The molecule has 0 saturated carbocycles. The molecule has 3 heterocycles. The van der Waals surface area contributed by atoms with E-state index in [0.717, 1.165) is 43.4 Å². The Morgan fingerprint density at radius 2 is 2.12 bits per heavy atom. The van der Waals surface area contributed by atoms with Crippen LogP contribution in [0.15, 0.2) is 29.2 Å². The fourth-order valence-corrected chi connectivity index (χ4v) is 2.53. The number of nitrogens with zero attached hydrogens (tertiary/aromatic N) is 3. The van der Waals surface area contributed by atoms with Crippen molar-refractivity contribution in [3.8, 4) is 11.3 Å². The van der Waals surface area contributed by atoms with E-state index < -0.39 is 0 Å². The molecule has 88 valence electrons. The van der Waals surface area contributed by atoms with Crippen molar-refractivity contribution in [3.63, 3.8) is 0 Å². The third-order valence-electron chi connectivity index (χ3n) is 2.80. The van der Waals surface area contributed by atoms with Crippen LogP contribution in [0.2, 0.25) is 0 Å². The number of rotatable bonds is 2. The SMILES string of the molecule is c1nc(-c2ccsc2)cc(N2CCOCC2)n1. The smallest absolute Gasteiger partial charge is 0.132 e. The second-order valence-electron chi connectivity index (χ2n) is 3.87. The zero-order valence-electron chi connectivity index (χ0n) is 9.37. The molecule has 0 aliphatic carbocycles. The van der Waals surface area contributed by atoms with Gasteiger partial charge < -0.3 is 9.64 Å². The predicted octanol–water partition coefficient (Wildman–Crippen LogP) is 2.04. The number of hydrogen-bond donors (Lipinski definition) is 0. The quantitative estimate of drug-likeness (QED) is 0.814. The highest BCUT2D eigenvalue weighted by atomic mass is 32.1. The summed E-state index contributed by atoms with van der Waals surface area (Å²) >= 11 is 1.68. The molecule has 0 spiro atoms. The number of hydrogen-bond acceptors (Lipinski definition) is 5. The van der Waals surface area contributed by atoms with E-state index in [1.54, 1.807) is 17.7 Å². The van der Waals surface area contributed by atoms with Crippen LogP contribution in [0.1, 0.15) is 0 Å². The van der Waals surface area contributed by atoms with Crippen molar-refractivity contribution in [3.05, 3.63) is 29.2 Å². The van der Waals surface area contributed by atoms with Crippen LogP contribution in [0.25, 0.3) is 11.3 Å². The molecule has 0 N–H and O–H groups in total. The maximum Gasteiger partial charge on any atom is 0.132 e. The maximum atomic E-state index is 5.34. The Labute approximate surface area is 104 Å². The number of anilines is 1. The molecule has 0 unspecified atom stereocenters. The average molecular weight is 247 g/mol. The molecule has 0 radical (unpaired) electrons. The van der Waals surface area contributed by atoms with E-state index in [1.807, 2.05) is 6.07 Å². The predicted molar refractivity (Wildman–Crippen MR) is 68.4 cm³/mol. The topological polar surface area (TPSA) is 38.2 Å². The normalized spacial score (nSPS) is 16.1. The van der Waals surface area contributed by atoms with E-state index in [0.29, 0.717) is 0 Å². The summed E-state index contributed by atoms with van der Waals surface area (Å²) in [5.41, 5.74) is 2.15. The molecule has 1 saturated heterocycles. The Bertz CT molecular complexity index is 480. The van der Waals surface area contributed by atoms with Gasteiger partial charge in [-0.3, -0.25) is 0 Å². The zero-order valence-corrected chi connectivity index (χ0v) is 10.2. The zero-order chi connectivity index (χ0) is 11.5. The van der Waals surface area contributed by atoms with E-state index in [9.17, 15) is 0 Å². The molecule has 0 bridgehead atoms. The van der Waals surface area contributed by atoms with Crippen molar-refractivity contribution in [1.82, 2.24) is 9.97 Å². The molecule has 0 aromatic carbocycles. The lowest BCUT2D eigenvalue weighted by atomic mass is 10.2. The summed E-state index contributed by atoms with van der Waals surface area (Å²) in [4.78, 5) is 10.9. The molecule has 1 fully saturated rings. The van der Waals surface area contributed by atoms with Crippen LogP contribution in [0.4, 0.5) is 5.82 Å². The van der Waals surface area contributed by atoms with Gasteiger partial charge in [-0.05, 0) is 11.4 Å². The maximum absolute atomic E-state index is 5.34. The number of thiophene rings is 1. The summed E-state index contributed by atoms with van der Waals surface area (Å²) in [6, 6.07) is 4.13. The molecule has 2 aromatic rings. The van der Waals surface area contributed by atoms with Crippen molar-refractivity contribution in [1.29, 1.82) is 0 Å². The average Bonchev–Trinajstić information content (AvgIpc) is 2.94. The van der Waals surface area contributed by atoms with Gasteiger partial charge in [0.15, 0.2) is 0 Å². The number of aromatic nitrogens is 2. The van der Waals surface area contributed by atoms with E-state index in [-0.39, 0.29) is 0 Å². The van der Waals surface area contributed by atoms with Gasteiger partial charge in [0.1, 0.15) is 12.1 Å². The highest BCUT2D eigenvalue weighted by Gasteiger charge is 2.13. The second-order valence-corrected chi connectivity index (χ2v) is 4.65. The van der Waals surface area contributed by atoms with Gasteiger partial charge in [-0.25, -0.2) is 9.97 Å². The van der Waals surface area contributed by atoms with Crippen molar-refractivity contribution in [2.24, 2.45) is 0 Å². The van der Waals surface area contributed by atoms with Gasteiger partial charge in [-0.2, -0.15) is 11.3 Å². The van der Waals surface area contributed by atoms with Crippen molar-refractivity contribution in [2.75, 3.05) is 31.2 Å². The van der Waals surface area contributed by atoms with Gasteiger partial charge in [0.2, 0.25) is 0 Å². The number of ether oxygens (including phenoxy) is 1. The highest BCUT2D eigenvalue weighted by molar-refractivity contribution is 7.08. The summed E-state index contributed by atoms with van der Waals surface area (Å²) in [6.07, 6.45) is 1.64. The molecule has 1 aliphatic heterocycles. The van der Waals surface area contributed by atoms with E-state index in [1.165, 1.54) is 0 Å². The van der Waals surface area contributed by atoms with Crippen LogP contribution in [0.5, 0.6) is 0 Å². The Kier molecular flexibility index (Phi) is 3.02. The van der Waals surface area contributed by atoms with E-state index in [4.69, 9.17) is 4.74 Å². The number of morpholine rings is 1. The Balaban J connectivity index is 1.88. The van der Waals surface area contributed by atoms with Crippen molar-refractivity contribution in [2.45, 2.75) is 0 Å². The minimum atomic E-state index is 0.776. The van der Waals surface area contributed by atoms with Crippen LogP contribution in [-0.4, -0.2) is 36.3 Å². The molecule has 5 heteroatoms. The summed E-state index contributed by atoms with van der Waals surface area (Å²) in [5, 5.41) is 4.16. The lowest BCUT2D eigenvalue weighted by Crippen LogP contribution is -2.36. The monoisotopic (exact) mass is 247 g/mol. The van der Waals surface area contributed by atoms with Crippen LogP contribution in [0.3, 0.4) is 0 Å². The Hall–Kier alpha value is -1.46. The summed E-state index contributed by atoms with van der Waals surface area (Å²) in [5.74, 6) is 0.990. The molecule has 4 nitrogen and oxygen atoms in total. The molecule has 3 rings (SSSR count). The summed E-state index contributed by atoms with van der Waals surface area (Å²) in [7, 11) is 0. The van der Waals surface area contributed by atoms with Gasteiger partial charge in [0.25, 0.3) is 0 Å². The van der Waals surface area contributed by atoms with Gasteiger partial charge in [-0.1, -0.05) is 0 Å². The van der Waals surface area contributed by atoms with Gasteiger partial charge in [-0.15, -0.1) is 0 Å². The third-order valence-corrected chi connectivity index (χ3v) is 3.49. The molecule has 17 heavy (non-hydrogen) atoms. The largest absolute Gasteiger partial charge is 0.378 e. The lowest BCUT2D eigenvalue weighted by Gasteiger charge is -2.27. The van der Waals surface area contributed by atoms with Crippen LogP contribution >= 0.6 is 11.3 Å². The second kappa shape index (κ2) is 4.81. The highest BCUT2D eigenvalue weighted by Crippen LogP contribution is 2.23. The minimum Gasteiger partial charge on any atom is -0.378 e. The molecule has 2 aromatic heterocycles. The van der Waals surface area contributed by atoms with Crippen molar-refractivity contribution < 1.29 is 4.74 Å². The first-order valence-corrected chi connectivity index (χ1v) is 6.55. The van der Waals surface area contributed by atoms with Crippen LogP contribution in [0, 0.1) is 0 Å². The van der Waals surface area contributed by atoms with Gasteiger partial charge >= 0.3 is 0 Å². The molecule has 1 aliphatic rings. The van der Waals surface area contributed by atoms with Crippen LogP contribution < -0.4 is 4.90 Å². The van der Waals surface area contributed by atoms with Crippen molar-refractivity contribution >= 4 is 17.2 Å². The molecule has 0 atom stereocenters. The molecular weight excluding hydrogens is 234 g/mol. The third kappa shape index (κ3) is 2.30. The fourth-order valence-electron chi connectivity index (χ4n) is 1.88.